The van der Waals surface area contributed by atoms with E-state index < -0.39 is 23.5 Å². The fourth-order valence-electron chi connectivity index (χ4n) is 3.49. The second-order valence-electron chi connectivity index (χ2n) is 6.40. The number of likely N-dealkylation sites (tertiary alicyclic amines) is 1. The van der Waals surface area contributed by atoms with E-state index in [-0.39, 0.29) is 11.4 Å². The lowest BCUT2D eigenvalue weighted by atomic mass is 10.0. The van der Waals surface area contributed by atoms with Gasteiger partial charge in [0, 0.05) is 0 Å². The minimum Gasteiger partial charge on any atom is -0.492 e. The highest BCUT2D eigenvalue weighted by Gasteiger charge is 2.31. The Morgan fingerprint density at radius 1 is 1.04 bits per heavy atom. The Labute approximate surface area is 151 Å². The normalized spacial score (nSPS) is 17.5. The van der Waals surface area contributed by atoms with Crippen LogP contribution in [0.15, 0.2) is 18.5 Å². The maximum atomic E-state index is 13.9. The molecule has 0 saturated carbocycles. The van der Waals surface area contributed by atoms with Gasteiger partial charge in [0.2, 0.25) is 10.8 Å². The molecule has 5 nitrogen and oxygen atoms in total. The van der Waals surface area contributed by atoms with Gasteiger partial charge < -0.3 is 5.11 Å². The average molecular weight is 382 g/mol. The van der Waals surface area contributed by atoms with Gasteiger partial charge in [-0.3, -0.25) is 4.90 Å². The highest BCUT2D eigenvalue weighted by atomic mass is 32.1. The summed E-state index contributed by atoms with van der Waals surface area (Å²) < 4.78 is 42.5. The van der Waals surface area contributed by atoms with Crippen molar-refractivity contribution in [3.8, 4) is 5.88 Å². The third-order valence-electron chi connectivity index (χ3n) is 4.71. The molecule has 3 heterocycles. The van der Waals surface area contributed by atoms with Crippen molar-refractivity contribution in [1.82, 2.24) is 19.5 Å². The second kappa shape index (κ2) is 6.88. The Hall–Kier alpha value is -2.13. The summed E-state index contributed by atoms with van der Waals surface area (Å²) in [6.45, 7) is 1.44. The molecule has 1 aliphatic heterocycles. The Morgan fingerprint density at radius 3 is 2.31 bits per heavy atom. The fraction of sp³-hybridized carbons (Fsp3) is 0.412. The third kappa shape index (κ3) is 2.95. The molecule has 0 unspecified atom stereocenters. The molecule has 3 aromatic rings. The van der Waals surface area contributed by atoms with Gasteiger partial charge in [-0.25, -0.2) is 18.2 Å². The molecule has 0 amide bonds. The molecule has 1 atom stereocenters. The lowest BCUT2D eigenvalue weighted by Crippen LogP contribution is -2.30. The molecular formula is C17H17F3N4OS. The van der Waals surface area contributed by atoms with Gasteiger partial charge in [0.05, 0.1) is 10.9 Å². The molecule has 1 aliphatic rings. The third-order valence-corrected chi connectivity index (χ3v) is 5.80. The van der Waals surface area contributed by atoms with Crippen LogP contribution in [0, 0.1) is 17.5 Å². The van der Waals surface area contributed by atoms with Crippen LogP contribution in [0.2, 0.25) is 0 Å². The van der Waals surface area contributed by atoms with E-state index in [2.05, 4.69) is 15.0 Å². The molecule has 1 saturated heterocycles. The van der Waals surface area contributed by atoms with Crippen LogP contribution in [-0.2, 0) is 0 Å². The van der Waals surface area contributed by atoms with Gasteiger partial charge in [-0.2, -0.15) is 9.61 Å². The zero-order chi connectivity index (χ0) is 18.3. The topological polar surface area (TPSA) is 53.7 Å². The monoisotopic (exact) mass is 382 g/mol. The number of rotatable bonds is 3. The van der Waals surface area contributed by atoms with Crippen molar-refractivity contribution in [1.29, 1.82) is 0 Å². The van der Waals surface area contributed by atoms with Crippen LogP contribution in [0.4, 0.5) is 13.2 Å². The standard InChI is InChI=1S/C17H17F3N4OS/c18-11-7-10(8-12(19)13(11)20)14(23-5-3-1-2-4-6-23)15-16(25)24-17(26-15)21-9-22-24/h7-9,14,25H,1-6H2/t14-/m0/s1. The zero-order valence-electron chi connectivity index (χ0n) is 13.8. The summed E-state index contributed by atoms with van der Waals surface area (Å²) in [5, 5.41) is 14.6. The first kappa shape index (κ1) is 17.3. The zero-order valence-corrected chi connectivity index (χ0v) is 14.6. The van der Waals surface area contributed by atoms with Crippen LogP contribution in [-0.4, -0.2) is 37.7 Å². The molecule has 138 valence electrons. The molecule has 2 aromatic heterocycles. The average Bonchev–Trinajstić information content (AvgIpc) is 3.07. The first-order valence-electron chi connectivity index (χ1n) is 8.46. The van der Waals surface area contributed by atoms with Crippen molar-refractivity contribution in [3.05, 3.63) is 46.4 Å². The summed E-state index contributed by atoms with van der Waals surface area (Å²) in [6.07, 6.45) is 5.38. The minimum absolute atomic E-state index is 0.109. The lowest BCUT2D eigenvalue weighted by Gasteiger charge is -2.30. The molecule has 0 bridgehead atoms. The first-order valence-corrected chi connectivity index (χ1v) is 9.28. The Kier molecular flexibility index (Phi) is 4.58. The quantitative estimate of drug-likeness (QED) is 0.699. The van der Waals surface area contributed by atoms with Crippen molar-refractivity contribution in [2.45, 2.75) is 31.7 Å². The molecule has 0 aliphatic carbocycles. The molecule has 1 fully saturated rings. The van der Waals surface area contributed by atoms with Crippen molar-refractivity contribution >= 4 is 16.3 Å². The molecule has 26 heavy (non-hydrogen) atoms. The van der Waals surface area contributed by atoms with E-state index in [1.165, 1.54) is 22.2 Å². The van der Waals surface area contributed by atoms with E-state index in [1.54, 1.807) is 0 Å². The maximum Gasteiger partial charge on any atom is 0.230 e. The highest BCUT2D eigenvalue weighted by Crippen LogP contribution is 2.41. The van der Waals surface area contributed by atoms with E-state index in [0.717, 1.165) is 50.9 Å². The highest BCUT2D eigenvalue weighted by molar-refractivity contribution is 7.17. The Bertz CT molecular complexity index is 910. The smallest absolute Gasteiger partial charge is 0.230 e. The van der Waals surface area contributed by atoms with Gasteiger partial charge in [-0.1, -0.05) is 24.2 Å². The molecular weight excluding hydrogens is 365 g/mol. The molecule has 9 heteroatoms. The summed E-state index contributed by atoms with van der Waals surface area (Å²) in [5.74, 6) is -4.07. The van der Waals surface area contributed by atoms with Gasteiger partial charge in [-0.15, -0.1) is 0 Å². The van der Waals surface area contributed by atoms with Crippen molar-refractivity contribution in [2.75, 3.05) is 13.1 Å². The van der Waals surface area contributed by atoms with Crippen LogP contribution in [0.3, 0.4) is 0 Å². The summed E-state index contributed by atoms with van der Waals surface area (Å²) >= 11 is 1.21. The lowest BCUT2D eigenvalue weighted by molar-refractivity contribution is 0.231. The van der Waals surface area contributed by atoms with E-state index in [4.69, 9.17) is 0 Å². The van der Waals surface area contributed by atoms with Gasteiger partial charge in [0.25, 0.3) is 0 Å². The number of hydrogen-bond acceptors (Lipinski definition) is 5. The molecule has 4 rings (SSSR count). The first-order chi connectivity index (χ1) is 12.6. The van der Waals surface area contributed by atoms with Gasteiger partial charge in [0.1, 0.15) is 6.33 Å². The number of benzene rings is 1. The molecule has 1 N–H and O–H groups in total. The van der Waals surface area contributed by atoms with Crippen LogP contribution < -0.4 is 0 Å². The number of nitrogens with zero attached hydrogens (tertiary/aromatic N) is 4. The number of thiazole rings is 1. The molecule has 1 aromatic carbocycles. The van der Waals surface area contributed by atoms with Crippen LogP contribution in [0.5, 0.6) is 5.88 Å². The van der Waals surface area contributed by atoms with Gasteiger partial charge >= 0.3 is 0 Å². The summed E-state index contributed by atoms with van der Waals surface area (Å²) in [5.41, 5.74) is 0.267. The Balaban J connectivity index is 1.86. The Morgan fingerprint density at radius 2 is 1.69 bits per heavy atom. The largest absolute Gasteiger partial charge is 0.492 e. The SMILES string of the molecule is Oc1c([C@H](c2cc(F)c(F)c(F)c2)N2CCCCCC2)sc2ncnn12. The van der Waals surface area contributed by atoms with Crippen LogP contribution in [0.1, 0.15) is 42.2 Å². The predicted molar refractivity (Wildman–Crippen MR) is 90.7 cm³/mol. The molecule has 0 spiro atoms. The van der Waals surface area contributed by atoms with Crippen molar-refractivity contribution in [3.63, 3.8) is 0 Å². The van der Waals surface area contributed by atoms with Crippen LogP contribution >= 0.6 is 11.3 Å². The van der Waals surface area contributed by atoms with Crippen LogP contribution in [0.25, 0.3) is 4.96 Å². The van der Waals surface area contributed by atoms with E-state index >= 15 is 0 Å². The van der Waals surface area contributed by atoms with E-state index in [1.807, 2.05) is 0 Å². The maximum absolute atomic E-state index is 13.9. The van der Waals surface area contributed by atoms with Crippen molar-refractivity contribution < 1.29 is 18.3 Å². The summed E-state index contributed by atoms with van der Waals surface area (Å²) in [7, 11) is 0. The summed E-state index contributed by atoms with van der Waals surface area (Å²) in [4.78, 5) is 7.13. The number of halogens is 3. The van der Waals surface area contributed by atoms with E-state index in [0.29, 0.717) is 9.84 Å². The summed E-state index contributed by atoms with van der Waals surface area (Å²) in [6, 6.07) is 1.42. The molecule has 0 radical (unpaired) electrons. The van der Waals surface area contributed by atoms with Crippen molar-refractivity contribution in [2.24, 2.45) is 0 Å². The van der Waals surface area contributed by atoms with E-state index in [9.17, 15) is 18.3 Å². The minimum atomic E-state index is -1.49. The number of aromatic hydroxyl groups is 1. The number of hydrogen-bond donors (Lipinski definition) is 1. The fourth-order valence-corrected chi connectivity index (χ4v) is 4.58. The second-order valence-corrected chi connectivity index (χ2v) is 7.40. The predicted octanol–water partition coefficient (Wildman–Crippen LogP) is 3.88. The van der Waals surface area contributed by atoms with Gasteiger partial charge in [-0.05, 0) is 43.6 Å². The number of aromatic nitrogens is 3. The number of fused-ring (bicyclic) bond motifs is 1. The van der Waals surface area contributed by atoms with Gasteiger partial charge in [0.15, 0.2) is 17.5 Å².